The molecular weight excluding hydrogens is 476 g/mol. The molecule has 3 aliphatic rings. The molecule has 196 valence electrons. The lowest BCUT2D eigenvalue weighted by Gasteiger charge is -2.37. The number of fused-ring (bicyclic) bond motifs is 1. The fraction of sp³-hybridized carbons (Fsp3) is 0.692. The smallest absolute Gasteiger partial charge is 0.350 e. The molecular formula is C26H38N6O3S. The molecule has 4 heterocycles. The van der Waals surface area contributed by atoms with Crippen LogP contribution in [0.2, 0.25) is 0 Å². The summed E-state index contributed by atoms with van der Waals surface area (Å²) in [6.07, 6.45) is 10.8. The number of anilines is 4. The summed E-state index contributed by atoms with van der Waals surface area (Å²) in [4.78, 5) is 32.4. The molecule has 2 aliphatic heterocycles. The van der Waals surface area contributed by atoms with Crippen molar-refractivity contribution in [2.75, 3.05) is 41.4 Å². The van der Waals surface area contributed by atoms with E-state index in [4.69, 9.17) is 14.7 Å². The predicted molar refractivity (Wildman–Crippen MR) is 143 cm³/mol. The molecule has 0 spiro atoms. The monoisotopic (exact) mass is 514 g/mol. The van der Waals surface area contributed by atoms with Crippen LogP contribution >= 0.6 is 11.3 Å². The van der Waals surface area contributed by atoms with Gasteiger partial charge in [-0.15, -0.1) is 0 Å². The molecule has 36 heavy (non-hydrogen) atoms. The highest BCUT2D eigenvalue weighted by molar-refractivity contribution is 7.17. The minimum atomic E-state index is -0.348. The molecule has 0 amide bonds. The van der Waals surface area contributed by atoms with Gasteiger partial charge in [-0.05, 0) is 58.8 Å². The second-order valence-corrected chi connectivity index (χ2v) is 11.1. The van der Waals surface area contributed by atoms with Crippen LogP contribution in [0.5, 0.6) is 0 Å². The van der Waals surface area contributed by atoms with E-state index in [1.165, 1.54) is 49.0 Å². The van der Waals surface area contributed by atoms with Crippen molar-refractivity contribution in [3.8, 4) is 0 Å². The molecule has 5 rings (SSSR count). The first kappa shape index (κ1) is 25.2. The molecule has 2 fully saturated rings. The number of hydrogen-bond acceptors (Lipinski definition) is 10. The van der Waals surface area contributed by atoms with E-state index in [9.17, 15) is 9.90 Å². The number of rotatable bonds is 6. The van der Waals surface area contributed by atoms with Crippen LogP contribution < -0.4 is 15.1 Å². The maximum Gasteiger partial charge on any atom is 0.350 e. The zero-order chi connectivity index (χ0) is 25.1. The number of ether oxygens (including phenoxy) is 1. The number of nitrogens with zero attached hydrogens (tertiary/aromatic N) is 5. The van der Waals surface area contributed by atoms with Crippen LogP contribution in [0.15, 0.2) is 0 Å². The van der Waals surface area contributed by atoms with Gasteiger partial charge in [0.15, 0.2) is 5.13 Å². The van der Waals surface area contributed by atoms with Gasteiger partial charge in [0, 0.05) is 31.2 Å². The molecule has 1 saturated heterocycles. The first-order valence-corrected chi connectivity index (χ1v) is 14.4. The van der Waals surface area contributed by atoms with Crippen molar-refractivity contribution in [3.05, 3.63) is 16.1 Å². The predicted octanol–water partition coefficient (Wildman–Crippen LogP) is 4.60. The molecule has 0 aromatic carbocycles. The van der Waals surface area contributed by atoms with E-state index in [1.54, 1.807) is 6.92 Å². The van der Waals surface area contributed by atoms with Crippen molar-refractivity contribution in [3.63, 3.8) is 0 Å². The van der Waals surface area contributed by atoms with Gasteiger partial charge in [0.2, 0.25) is 5.95 Å². The lowest BCUT2D eigenvalue weighted by Crippen LogP contribution is -2.40. The maximum absolute atomic E-state index is 12.3. The summed E-state index contributed by atoms with van der Waals surface area (Å²) in [5.41, 5.74) is 1.88. The van der Waals surface area contributed by atoms with Gasteiger partial charge >= 0.3 is 5.97 Å². The highest BCUT2D eigenvalue weighted by Gasteiger charge is 2.31. The van der Waals surface area contributed by atoms with Crippen LogP contribution in [0.3, 0.4) is 0 Å². The van der Waals surface area contributed by atoms with Gasteiger partial charge in [-0.25, -0.2) is 9.78 Å². The van der Waals surface area contributed by atoms with Crippen molar-refractivity contribution in [2.24, 2.45) is 0 Å². The van der Waals surface area contributed by atoms with E-state index in [0.29, 0.717) is 34.3 Å². The van der Waals surface area contributed by atoms with E-state index in [-0.39, 0.29) is 12.1 Å². The molecule has 1 saturated carbocycles. The minimum absolute atomic E-state index is 0.238. The molecule has 0 unspecified atom stereocenters. The van der Waals surface area contributed by atoms with Crippen molar-refractivity contribution < 1.29 is 14.6 Å². The number of aryl methyl sites for hydroxylation is 1. The van der Waals surface area contributed by atoms with Crippen LogP contribution in [0.1, 0.15) is 85.6 Å². The van der Waals surface area contributed by atoms with Crippen molar-refractivity contribution in [1.82, 2.24) is 15.0 Å². The fourth-order valence-electron chi connectivity index (χ4n) is 5.69. The molecule has 1 aliphatic carbocycles. The van der Waals surface area contributed by atoms with Crippen LogP contribution in [0, 0.1) is 6.92 Å². The van der Waals surface area contributed by atoms with E-state index in [2.05, 4.69) is 20.1 Å². The maximum atomic E-state index is 12.3. The number of aromatic nitrogens is 3. The SMILES string of the molecule is CCOC(=O)c1sc(Nc2nc(N3CCC(O)CC3)c3c(n2)N(C2CCCCC2)CCCC3)nc1C. The highest BCUT2D eigenvalue weighted by atomic mass is 32.1. The third-order valence-electron chi connectivity index (χ3n) is 7.57. The standard InChI is InChI=1S/C26H38N6O3S/c1-3-35-24(34)21-17(2)27-26(36-21)30-25-28-22(31-15-12-19(33)13-16-31)20-11-7-8-14-32(23(20)29-25)18-9-5-4-6-10-18/h18-19,33H,3-16H2,1-2H3,(H,27,28,29,30). The summed E-state index contributed by atoms with van der Waals surface area (Å²) in [6.45, 7) is 6.55. The Morgan fingerprint density at radius 3 is 2.53 bits per heavy atom. The average Bonchev–Trinajstić information content (AvgIpc) is 3.11. The second kappa shape index (κ2) is 11.3. The Morgan fingerprint density at radius 2 is 1.78 bits per heavy atom. The Labute approximate surface area is 217 Å². The van der Waals surface area contributed by atoms with Crippen LogP contribution in [-0.4, -0.2) is 64.4 Å². The average molecular weight is 515 g/mol. The lowest BCUT2D eigenvalue weighted by atomic mass is 9.94. The largest absolute Gasteiger partial charge is 0.462 e. The fourth-order valence-corrected chi connectivity index (χ4v) is 6.54. The number of aliphatic hydroxyl groups is 1. The third-order valence-corrected chi connectivity index (χ3v) is 8.62. The summed E-state index contributed by atoms with van der Waals surface area (Å²) < 4.78 is 5.19. The lowest BCUT2D eigenvalue weighted by molar-refractivity contribution is 0.0531. The van der Waals surface area contributed by atoms with Crippen molar-refractivity contribution in [2.45, 2.75) is 90.2 Å². The Morgan fingerprint density at radius 1 is 1.03 bits per heavy atom. The first-order chi connectivity index (χ1) is 17.5. The topological polar surface area (TPSA) is 104 Å². The Hall–Kier alpha value is -2.46. The van der Waals surface area contributed by atoms with Gasteiger partial charge in [-0.2, -0.15) is 9.97 Å². The highest BCUT2D eigenvalue weighted by Crippen LogP contribution is 2.38. The van der Waals surface area contributed by atoms with E-state index < -0.39 is 0 Å². The summed E-state index contributed by atoms with van der Waals surface area (Å²) in [7, 11) is 0. The van der Waals surface area contributed by atoms with Gasteiger partial charge in [0.05, 0.1) is 18.4 Å². The second-order valence-electron chi connectivity index (χ2n) is 10.1. The summed E-state index contributed by atoms with van der Waals surface area (Å²) >= 11 is 1.28. The zero-order valence-corrected chi connectivity index (χ0v) is 22.3. The number of carbonyl (C=O) groups excluding carboxylic acids is 1. The summed E-state index contributed by atoms with van der Waals surface area (Å²) in [5.74, 6) is 2.20. The number of carbonyl (C=O) groups is 1. The minimum Gasteiger partial charge on any atom is -0.462 e. The Kier molecular flexibility index (Phi) is 7.90. The number of esters is 1. The quantitative estimate of drug-likeness (QED) is 0.535. The summed E-state index contributed by atoms with van der Waals surface area (Å²) in [5, 5.41) is 14.0. The Balaban J connectivity index is 1.52. The van der Waals surface area contributed by atoms with Gasteiger partial charge in [0.1, 0.15) is 16.5 Å². The number of aliphatic hydroxyl groups excluding tert-OH is 1. The van der Waals surface area contributed by atoms with Gasteiger partial charge in [0.25, 0.3) is 0 Å². The van der Waals surface area contributed by atoms with E-state index >= 15 is 0 Å². The van der Waals surface area contributed by atoms with Gasteiger partial charge in [-0.3, -0.25) is 5.32 Å². The molecule has 2 aromatic rings. The number of thiazole rings is 1. The van der Waals surface area contributed by atoms with Gasteiger partial charge in [-0.1, -0.05) is 30.6 Å². The van der Waals surface area contributed by atoms with E-state index in [0.717, 1.165) is 63.4 Å². The first-order valence-electron chi connectivity index (χ1n) is 13.6. The van der Waals surface area contributed by atoms with E-state index in [1.807, 2.05) is 6.92 Å². The van der Waals surface area contributed by atoms with Gasteiger partial charge < -0.3 is 19.6 Å². The zero-order valence-electron chi connectivity index (χ0n) is 21.5. The molecule has 0 bridgehead atoms. The van der Waals surface area contributed by atoms with Crippen molar-refractivity contribution in [1.29, 1.82) is 0 Å². The number of nitrogens with one attached hydrogen (secondary N) is 1. The third kappa shape index (κ3) is 5.44. The molecule has 2 aromatic heterocycles. The number of hydrogen-bond donors (Lipinski definition) is 2. The van der Waals surface area contributed by atoms with Crippen LogP contribution in [0.25, 0.3) is 0 Å². The molecule has 2 N–H and O–H groups in total. The van der Waals surface area contributed by atoms with Crippen LogP contribution in [-0.2, 0) is 11.2 Å². The molecule has 10 heteroatoms. The number of piperidine rings is 1. The molecule has 0 atom stereocenters. The normalized spacial score (nSPS) is 19.6. The molecule has 9 nitrogen and oxygen atoms in total. The van der Waals surface area contributed by atoms with Crippen LogP contribution in [0.4, 0.5) is 22.7 Å². The van der Waals surface area contributed by atoms with Crippen molar-refractivity contribution >= 4 is 40.0 Å². The molecule has 0 radical (unpaired) electrons. The summed E-state index contributed by atoms with van der Waals surface area (Å²) in [6, 6.07) is 0.520. The Bertz CT molecular complexity index is 1060.